The SMILES string of the molecule is O=C(NCCN1CCNCC1)c1nccnc1C(=O)NCc1ccc(F)cc1. The maximum atomic E-state index is 13.0. The fraction of sp³-hybridized carbons (Fsp3) is 0.368. The third-order valence-electron chi connectivity index (χ3n) is 4.42. The average Bonchev–Trinajstić information content (AvgIpc) is 2.74. The lowest BCUT2D eigenvalue weighted by atomic mass is 10.2. The Labute approximate surface area is 162 Å². The molecule has 0 bridgehead atoms. The normalized spacial score (nSPS) is 14.5. The predicted molar refractivity (Wildman–Crippen MR) is 101 cm³/mol. The molecule has 0 unspecified atom stereocenters. The number of carbonyl (C=O) groups is 2. The van der Waals surface area contributed by atoms with Crippen molar-refractivity contribution in [2.24, 2.45) is 0 Å². The van der Waals surface area contributed by atoms with Crippen molar-refractivity contribution in [3.8, 4) is 0 Å². The van der Waals surface area contributed by atoms with Gasteiger partial charge in [0.15, 0.2) is 11.4 Å². The van der Waals surface area contributed by atoms with Gasteiger partial charge >= 0.3 is 0 Å². The van der Waals surface area contributed by atoms with E-state index >= 15 is 0 Å². The van der Waals surface area contributed by atoms with Gasteiger partial charge in [0.05, 0.1) is 0 Å². The van der Waals surface area contributed by atoms with Gasteiger partial charge in [0, 0.05) is 58.2 Å². The zero-order chi connectivity index (χ0) is 19.8. The van der Waals surface area contributed by atoms with Crippen LogP contribution in [0.2, 0.25) is 0 Å². The van der Waals surface area contributed by atoms with Crippen molar-refractivity contribution in [3.63, 3.8) is 0 Å². The molecule has 2 aromatic rings. The minimum absolute atomic E-state index is 0.0144. The van der Waals surface area contributed by atoms with Crippen LogP contribution in [-0.2, 0) is 6.54 Å². The summed E-state index contributed by atoms with van der Waals surface area (Å²) in [5.74, 6) is -1.29. The molecule has 0 atom stereocenters. The lowest BCUT2D eigenvalue weighted by molar-refractivity contribution is 0.0906. The van der Waals surface area contributed by atoms with Gasteiger partial charge in [0.2, 0.25) is 0 Å². The lowest BCUT2D eigenvalue weighted by Crippen LogP contribution is -2.46. The third-order valence-corrected chi connectivity index (χ3v) is 4.42. The molecule has 0 radical (unpaired) electrons. The smallest absolute Gasteiger partial charge is 0.272 e. The summed E-state index contributed by atoms with van der Waals surface area (Å²) in [6.45, 7) is 5.16. The highest BCUT2D eigenvalue weighted by molar-refractivity contribution is 6.04. The van der Waals surface area contributed by atoms with Crippen molar-refractivity contribution >= 4 is 11.8 Å². The molecule has 8 nitrogen and oxygen atoms in total. The fourth-order valence-electron chi connectivity index (χ4n) is 2.88. The van der Waals surface area contributed by atoms with Crippen LogP contribution in [0.3, 0.4) is 0 Å². The summed E-state index contributed by atoms with van der Waals surface area (Å²) in [5, 5.41) is 8.75. The molecule has 3 rings (SSSR count). The number of nitrogens with zero attached hydrogens (tertiary/aromatic N) is 3. The minimum atomic E-state index is -0.510. The molecule has 9 heteroatoms. The number of carbonyl (C=O) groups excluding carboxylic acids is 2. The van der Waals surface area contributed by atoms with Crippen molar-refractivity contribution < 1.29 is 14.0 Å². The molecule has 1 aromatic carbocycles. The van der Waals surface area contributed by atoms with Gasteiger partial charge in [-0.15, -0.1) is 0 Å². The predicted octanol–water partition coefficient (Wildman–Crippen LogP) is 0.181. The molecule has 28 heavy (non-hydrogen) atoms. The number of benzene rings is 1. The van der Waals surface area contributed by atoms with Gasteiger partial charge in [-0.1, -0.05) is 12.1 Å². The van der Waals surface area contributed by atoms with E-state index in [0.717, 1.165) is 38.3 Å². The third kappa shape index (κ3) is 5.54. The van der Waals surface area contributed by atoms with Gasteiger partial charge in [0.25, 0.3) is 11.8 Å². The number of piperazine rings is 1. The van der Waals surface area contributed by atoms with E-state index in [1.165, 1.54) is 24.5 Å². The largest absolute Gasteiger partial charge is 0.349 e. The van der Waals surface area contributed by atoms with E-state index in [9.17, 15) is 14.0 Å². The number of hydrogen-bond acceptors (Lipinski definition) is 6. The molecule has 1 fully saturated rings. The van der Waals surface area contributed by atoms with Crippen molar-refractivity contribution in [2.45, 2.75) is 6.54 Å². The summed E-state index contributed by atoms with van der Waals surface area (Å²) in [7, 11) is 0. The monoisotopic (exact) mass is 386 g/mol. The van der Waals surface area contributed by atoms with Crippen molar-refractivity contribution in [1.29, 1.82) is 0 Å². The second-order valence-electron chi connectivity index (χ2n) is 6.41. The number of rotatable bonds is 7. The van der Waals surface area contributed by atoms with Gasteiger partial charge < -0.3 is 16.0 Å². The van der Waals surface area contributed by atoms with E-state index in [4.69, 9.17) is 0 Å². The molecule has 2 heterocycles. The topological polar surface area (TPSA) is 99.2 Å². The van der Waals surface area contributed by atoms with Crippen molar-refractivity contribution in [3.05, 3.63) is 59.4 Å². The molecule has 3 N–H and O–H groups in total. The molecule has 1 saturated heterocycles. The van der Waals surface area contributed by atoms with E-state index in [1.54, 1.807) is 12.1 Å². The molecular weight excluding hydrogens is 363 g/mol. The van der Waals surface area contributed by atoms with Crippen LogP contribution in [0.25, 0.3) is 0 Å². The van der Waals surface area contributed by atoms with E-state index < -0.39 is 11.8 Å². The maximum absolute atomic E-state index is 13.0. The first-order chi connectivity index (χ1) is 13.6. The summed E-state index contributed by atoms with van der Waals surface area (Å²) < 4.78 is 13.0. The Balaban J connectivity index is 1.55. The highest BCUT2D eigenvalue weighted by Gasteiger charge is 2.20. The Morgan fingerprint density at radius 2 is 1.61 bits per heavy atom. The van der Waals surface area contributed by atoms with Gasteiger partial charge in [-0.2, -0.15) is 0 Å². The minimum Gasteiger partial charge on any atom is -0.349 e. The molecule has 0 spiro atoms. The Morgan fingerprint density at radius 1 is 1.00 bits per heavy atom. The number of hydrogen-bond donors (Lipinski definition) is 3. The van der Waals surface area contributed by atoms with Crippen LogP contribution < -0.4 is 16.0 Å². The quantitative estimate of drug-likeness (QED) is 0.628. The van der Waals surface area contributed by atoms with E-state index in [0.29, 0.717) is 6.54 Å². The van der Waals surface area contributed by atoms with Crippen LogP contribution in [0.4, 0.5) is 4.39 Å². The second kappa shape index (κ2) is 9.86. The number of halogens is 1. The van der Waals surface area contributed by atoms with Crippen LogP contribution in [0.15, 0.2) is 36.7 Å². The number of aromatic nitrogens is 2. The summed E-state index contributed by atoms with van der Waals surface area (Å²) in [6.07, 6.45) is 2.74. The molecule has 148 valence electrons. The van der Waals surface area contributed by atoms with Crippen LogP contribution in [-0.4, -0.2) is 66.0 Å². The highest BCUT2D eigenvalue weighted by Crippen LogP contribution is 2.05. The first-order valence-electron chi connectivity index (χ1n) is 9.18. The molecule has 1 aromatic heterocycles. The molecule has 0 saturated carbocycles. The van der Waals surface area contributed by atoms with Crippen molar-refractivity contribution in [1.82, 2.24) is 30.8 Å². The maximum Gasteiger partial charge on any atom is 0.272 e. The van der Waals surface area contributed by atoms with Crippen LogP contribution >= 0.6 is 0 Å². The standard InChI is InChI=1S/C19H23FN6O2/c20-15-3-1-14(2-4-15)13-25-19(28)17-16(22-5-6-23-17)18(27)24-9-12-26-10-7-21-8-11-26/h1-6,21H,7-13H2,(H,24,27)(H,25,28). The van der Waals surface area contributed by atoms with Crippen LogP contribution in [0, 0.1) is 5.82 Å². The van der Waals surface area contributed by atoms with Gasteiger partial charge in [-0.25, -0.2) is 14.4 Å². The lowest BCUT2D eigenvalue weighted by Gasteiger charge is -2.27. The van der Waals surface area contributed by atoms with Gasteiger partial charge in [-0.3, -0.25) is 14.5 Å². The summed E-state index contributed by atoms with van der Waals surface area (Å²) >= 11 is 0. The molecule has 1 aliphatic heterocycles. The molecule has 0 aliphatic carbocycles. The Bertz CT molecular complexity index is 808. The summed E-state index contributed by atoms with van der Waals surface area (Å²) in [5.41, 5.74) is 0.685. The van der Waals surface area contributed by atoms with E-state index in [-0.39, 0.29) is 23.7 Å². The summed E-state index contributed by atoms with van der Waals surface area (Å²) in [4.78, 5) is 35.2. The fourth-order valence-corrected chi connectivity index (χ4v) is 2.88. The molecular formula is C19H23FN6O2. The summed E-state index contributed by atoms with van der Waals surface area (Å²) in [6, 6.07) is 5.80. The first-order valence-corrected chi connectivity index (χ1v) is 9.18. The zero-order valence-corrected chi connectivity index (χ0v) is 15.4. The van der Waals surface area contributed by atoms with Gasteiger partial charge in [0.1, 0.15) is 5.82 Å². The molecule has 2 amide bonds. The van der Waals surface area contributed by atoms with Crippen LogP contribution in [0.5, 0.6) is 0 Å². The Morgan fingerprint density at radius 3 is 2.25 bits per heavy atom. The second-order valence-corrected chi connectivity index (χ2v) is 6.41. The van der Waals surface area contributed by atoms with Crippen molar-refractivity contribution in [2.75, 3.05) is 39.3 Å². The highest BCUT2D eigenvalue weighted by atomic mass is 19.1. The Kier molecular flexibility index (Phi) is 6.99. The zero-order valence-electron chi connectivity index (χ0n) is 15.4. The number of amides is 2. The van der Waals surface area contributed by atoms with Crippen LogP contribution in [0.1, 0.15) is 26.5 Å². The average molecular weight is 386 g/mol. The Hall–Kier alpha value is -2.91. The first kappa shape index (κ1) is 19.8. The molecule has 1 aliphatic rings. The van der Waals surface area contributed by atoms with E-state index in [2.05, 4.69) is 30.8 Å². The number of nitrogens with one attached hydrogen (secondary N) is 3. The van der Waals surface area contributed by atoms with Gasteiger partial charge in [-0.05, 0) is 17.7 Å². The van der Waals surface area contributed by atoms with E-state index in [1.807, 2.05) is 0 Å².